The van der Waals surface area contributed by atoms with Gasteiger partial charge in [0.1, 0.15) is 0 Å². The predicted octanol–water partition coefficient (Wildman–Crippen LogP) is -0.696. The van der Waals surface area contributed by atoms with Crippen LogP contribution in [0.5, 0.6) is 0 Å². The van der Waals surface area contributed by atoms with Crippen molar-refractivity contribution in [3.8, 4) is 0 Å². The lowest BCUT2D eigenvalue weighted by Gasteiger charge is -2.11. The van der Waals surface area contributed by atoms with Crippen LogP contribution in [0.25, 0.3) is 0 Å². The van der Waals surface area contributed by atoms with Crippen molar-refractivity contribution in [1.82, 2.24) is 9.44 Å². The SMILES string of the molecule is CCOC(=O)NS(=O)(=O)NCC(N)CC. The smallest absolute Gasteiger partial charge is 0.421 e. The fraction of sp³-hybridized carbons (Fsp3) is 0.857. The van der Waals surface area contributed by atoms with Gasteiger partial charge in [0.25, 0.3) is 0 Å². The summed E-state index contributed by atoms with van der Waals surface area (Å²) in [6.45, 7) is 3.59. The van der Waals surface area contributed by atoms with Crippen LogP contribution in [-0.2, 0) is 14.9 Å². The Bertz CT molecular complexity index is 291. The first kappa shape index (κ1) is 14.1. The molecule has 15 heavy (non-hydrogen) atoms. The second-order valence-corrected chi connectivity index (χ2v) is 4.34. The zero-order chi connectivity index (χ0) is 11.9. The molecular weight excluding hydrogens is 222 g/mol. The highest BCUT2D eigenvalue weighted by Crippen LogP contribution is 1.86. The zero-order valence-corrected chi connectivity index (χ0v) is 9.63. The van der Waals surface area contributed by atoms with Crippen LogP contribution in [0.2, 0.25) is 0 Å². The topological polar surface area (TPSA) is 111 Å². The van der Waals surface area contributed by atoms with Crippen LogP contribution < -0.4 is 15.2 Å². The molecule has 1 atom stereocenters. The van der Waals surface area contributed by atoms with Crippen molar-refractivity contribution >= 4 is 16.3 Å². The maximum Gasteiger partial charge on any atom is 0.421 e. The van der Waals surface area contributed by atoms with E-state index in [1.165, 1.54) is 0 Å². The largest absolute Gasteiger partial charge is 0.449 e. The number of carbonyl (C=O) groups is 1. The van der Waals surface area contributed by atoms with Crippen LogP contribution >= 0.6 is 0 Å². The molecule has 1 unspecified atom stereocenters. The van der Waals surface area contributed by atoms with Gasteiger partial charge < -0.3 is 10.5 Å². The molecule has 0 spiro atoms. The molecular formula is C7H17N3O4S. The third kappa shape index (κ3) is 7.11. The van der Waals surface area contributed by atoms with Gasteiger partial charge in [-0.05, 0) is 13.3 Å². The molecule has 0 aromatic rings. The zero-order valence-electron chi connectivity index (χ0n) is 8.82. The molecule has 0 aromatic carbocycles. The van der Waals surface area contributed by atoms with Crippen LogP contribution in [0.1, 0.15) is 20.3 Å². The van der Waals surface area contributed by atoms with Gasteiger partial charge in [-0.2, -0.15) is 13.1 Å². The lowest BCUT2D eigenvalue weighted by atomic mass is 10.2. The number of hydrogen-bond donors (Lipinski definition) is 3. The third-order valence-corrected chi connectivity index (χ3v) is 2.54. The lowest BCUT2D eigenvalue weighted by molar-refractivity contribution is 0.158. The molecule has 0 aromatic heterocycles. The quantitative estimate of drug-likeness (QED) is 0.568. The van der Waals surface area contributed by atoms with E-state index in [2.05, 4.69) is 9.46 Å². The minimum Gasteiger partial charge on any atom is -0.449 e. The van der Waals surface area contributed by atoms with Gasteiger partial charge in [0.15, 0.2) is 0 Å². The summed E-state index contributed by atoms with van der Waals surface area (Å²) in [5.41, 5.74) is 5.50. The lowest BCUT2D eigenvalue weighted by Crippen LogP contribution is -2.45. The highest BCUT2D eigenvalue weighted by atomic mass is 32.2. The molecule has 8 heteroatoms. The molecule has 1 amide bonds. The van der Waals surface area contributed by atoms with Gasteiger partial charge >= 0.3 is 16.3 Å². The first-order chi connectivity index (χ1) is 6.91. The summed E-state index contributed by atoms with van der Waals surface area (Å²) < 4.78 is 30.5. The van der Waals surface area contributed by atoms with E-state index in [9.17, 15) is 13.2 Å². The van der Waals surface area contributed by atoms with Gasteiger partial charge in [0, 0.05) is 12.6 Å². The molecule has 0 saturated heterocycles. The average Bonchev–Trinajstić information content (AvgIpc) is 2.13. The van der Waals surface area contributed by atoms with Gasteiger partial charge in [0.2, 0.25) is 0 Å². The minimum absolute atomic E-state index is 0.0746. The number of nitrogens with two attached hydrogens (primary N) is 1. The molecule has 0 aliphatic carbocycles. The van der Waals surface area contributed by atoms with E-state index in [0.717, 1.165) is 0 Å². The number of carbonyl (C=O) groups excluding carboxylic acids is 1. The maximum absolute atomic E-state index is 11.2. The van der Waals surface area contributed by atoms with E-state index in [4.69, 9.17) is 5.73 Å². The molecule has 90 valence electrons. The fourth-order valence-electron chi connectivity index (χ4n) is 0.667. The Kier molecular flexibility index (Phi) is 6.21. The summed E-state index contributed by atoms with van der Waals surface area (Å²) in [4.78, 5) is 10.8. The van der Waals surface area contributed by atoms with Crippen LogP contribution in [0.4, 0.5) is 4.79 Å². The number of amides is 1. The molecule has 4 N–H and O–H groups in total. The van der Waals surface area contributed by atoms with E-state index >= 15 is 0 Å². The molecule has 0 heterocycles. The van der Waals surface area contributed by atoms with Crippen LogP contribution in [0, 0.1) is 0 Å². The second-order valence-electron chi connectivity index (χ2n) is 2.84. The van der Waals surface area contributed by atoms with Crippen molar-refractivity contribution in [2.45, 2.75) is 26.3 Å². The van der Waals surface area contributed by atoms with Crippen LogP contribution in [-0.4, -0.2) is 33.7 Å². The molecule has 0 fully saturated rings. The van der Waals surface area contributed by atoms with E-state index in [1.807, 2.05) is 6.92 Å². The highest BCUT2D eigenvalue weighted by Gasteiger charge is 2.15. The Balaban J connectivity index is 4.03. The van der Waals surface area contributed by atoms with Crippen molar-refractivity contribution in [1.29, 1.82) is 0 Å². The van der Waals surface area contributed by atoms with Gasteiger partial charge in [-0.25, -0.2) is 9.52 Å². The Morgan fingerprint density at radius 1 is 1.47 bits per heavy atom. The van der Waals surface area contributed by atoms with E-state index in [1.54, 1.807) is 11.6 Å². The van der Waals surface area contributed by atoms with Gasteiger partial charge in [-0.3, -0.25) is 0 Å². The van der Waals surface area contributed by atoms with Gasteiger partial charge in [0.05, 0.1) is 6.61 Å². The van der Waals surface area contributed by atoms with E-state index in [-0.39, 0.29) is 19.2 Å². The van der Waals surface area contributed by atoms with Crippen molar-refractivity contribution in [3.05, 3.63) is 0 Å². The normalized spacial score (nSPS) is 13.3. The Morgan fingerprint density at radius 2 is 2.07 bits per heavy atom. The number of hydrogen-bond acceptors (Lipinski definition) is 5. The number of ether oxygens (including phenoxy) is 1. The Morgan fingerprint density at radius 3 is 2.53 bits per heavy atom. The van der Waals surface area contributed by atoms with Crippen LogP contribution in [0.15, 0.2) is 0 Å². The number of nitrogens with one attached hydrogen (secondary N) is 2. The molecule has 0 aliphatic heterocycles. The second kappa shape index (κ2) is 6.59. The van der Waals surface area contributed by atoms with Crippen LogP contribution in [0.3, 0.4) is 0 Å². The van der Waals surface area contributed by atoms with Gasteiger partial charge in [-0.15, -0.1) is 0 Å². The predicted molar refractivity (Wildman–Crippen MR) is 55.3 cm³/mol. The molecule has 0 radical (unpaired) electrons. The van der Waals surface area contributed by atoms with Crippen molar-refractivity contribution in [2.75, 3.05) is 13.2 Å². The monoisotopic (exact) mass is 239 g/mol. The summed E-state index contributed by atoms with van der Waals surface area (Å²) in [6.07, 6.45) is -0.364. The highest BCUT2D eigenvalue weighted by molar-refractivity contribution is 7.88. The summed E-state index contributed by atoms with van der Waals surface area (Å²) in [7, 11) is -3.86. The summed E-state index contributed by atoms with van der Waals surface area (Å²) >= 11 is 0. The molecule has 0 rings (SSSR count). The maximum atomic E-state index is 11.2. The van der Waals surface area contributed by atoms with Crippen molar-refractivity contribution in [3.63, 3.8) is 0 Å². The van der Waals surface area contributed by atoms with E-state index < -0.39 is 16.3 Å². The Labute approximate surface area is 89.5 Å². The molecule has 0 aliphatic rings. The molecule has 0 bridgehead atoms. The summed E-state index contributed by atoms with van der Waals surface area (Å²) in [5.74, 6) is 0. The van der Waals surface area contributed by atoms with E-state index in [0.29, 0.717) is 6.42 Å². The third-order valence-electron chi connectivity index (χ3n) is 1.55. The minimum atomic E-state index is -3.86. The van der Waals surface area contributed by atoms with Crippen molar-refractivity contribution in [2.24, 2.45) is 5.73 Å². The number of rotatable bonds is 6. The molecule has 7 nitrogen and oxygen atoms in total. The Hall–Kier alpha value is -0.860. The first-order valence-electron chi connectivity index (χ1n) is 4.61. The first-order valence-corrected chi connectivity index (χ1v) is 6.09. The standard InChI is InChI=1S/C7H17N3O4S/c1-3-6(8)5-9-15(12,13)10-7(11)14-4-2/h6,9H,3-5,8H2,1-2H3,(H,10,11). The van der Waals surface area contributed by atoms with Crippen molar-refractivity contribution < 1.29 is 17.9 Å². The summed E-state index contributed by atoms with van der Waals surface area (Å²) in [6, 6.07) is -0.274. The summed E-state index contributed by atoms with van der Waals surface area (Å²) in [5, 5.41) is 0. The van der Waals surface area contributed by atoms with Gasteiger partial charge in [-0.1, -0.05) is 6.92 Å². The average molecular weight is 239 g/mol. The molecule has 0 saturated carbocycles. The fourth-order valence-corrected chi connectivity index (χ4v) is 1.45.